The lowest BCUT2D eigenvalue weighted by Gasteiger charge is -2.13. The third kappa shape index (κ3) is 4.40. The third-order valence-corrected chi connectivity index (χ3v) is 5.18. The summed E-state index contributed by atoms with van der Waals surface area (Å²) in [6.07, 6.45) is 1.51. The largest absolute Gasteiger partial charge is 0.480 e. The number of benzene rings is 2. The molecule has 0 radical (unpaired) electrons. The maximum Gasteiger partial charge on any atom is 0.341 e. The first-order chi connectivity index (χ1) is 12.9. The molecule has 0 saturated carbocycles. The molecule has 0 spiro atoms. The highest BCUT2D eigenvalue weighted by Crippen LogP contribution is 2.30. The van der Waals surface area contributed by atoms with Gasteiger partial charge in [0.25, 0.3) is 11.8 Å². The lowest BCUT2D eigenvalue weighted by Crippen LogP contribution is -2.35. The summed E-state index contributed by atoms with van der Waals surface area (Å²) in [6, 6.07) is 12.3. The molecule has 2 N–H and O–H groups in total. The Morgan fingerprint density at radius 3 is 2.37 bits per heavy atom. The van der Waals surface area contributed by atoms with Crippen LogP contribution < -0.4 is 15.2 Å². The van der Waals surface area contributed by atoms with Gasteiger partial charge in [0.15, 0.2) is 6.61 Å². The minimum absolute atomic E-state index is 0.0182. The fraction of sp³-hybridized carbons (Fsp3) is 0.0556. The van der Waals surface area contributed by atoms with E-state index in [-0.39, 0.29) is 5.57 Å². The van der Waals surface area contributed by atoms with Crippen LogP contribution in [0.2, 0.25) is 0 Å². The van der Waals surface area contributed by atoms with Crippen LogP contribution in [-0.4, -0.2) is 29.5 Å². The summed E-state index contributed by atoms with van der Waals surface area (Å²) < 4.78 is 6.64. The van der Waals surface area contributed by atoms with Crippen LogP contribution in [0.15, 0.2) is 48.0 Å². The highest BCUT2D eigenvalue weighted by Gasteiger charge is 2.34. The molecule has 0 bridgehead atoms. The number of rotatable bonds is 5. The molecule has 1 heterocycles. The van der Waals surface area contributed by atoms with Crippen LogP contribution in [0, 0.1) is 7.14 Å². The van der Waals surface area contributed by atoms with Gasteiger partial charge in [0.1, 0.15) is 11.3 Å². The first-order valence-corrected chi connectivity index (χ1v) is 9.78. The van der Waals surface area contributed by atoms with E-state index >= 15 is 0 Å². The number of ether oxygens (including phenoxy) is 1. The highest BCUT2D eigenvalue weighted by molar-refractivity contribution is 14.1. The molecule has 3 rings (SSSR count). The molecule has 1 aliphatic heterocycles. The van der Waals surface area contributed by atoms with E-state index in [0.29, 0.717) is 24.1 Å². The minimum Gasteiger partial charge on any atom is -0.480 e. The Hall–Kier alpha value is -2.15. The number of para-hydroxylation sites is 1. The van der Waals surface area contributed by atoms with Gasteiger partial charge >= 0.3 is 5.97 Å². The number of amides is 2. The second-order valence-corrected chi connectivity index (χ2v) is 7.80. The first kappa shape index (κ1) is 19.6. The maximum atomic E-state index is 12.6. The number of hydrazine groups is 1. The van der Waals surface area contributed by atoms with E-state index in [0.717, 1.165) is 0 Å². The monoisotopic (exact) mass is 590 g/mol. The van der Waals surface area contributed by atoms with Crippen molar-refractivity contribution >= 4 is 74.7 Å². The lowest BCUT2D eigenvalue weighted by molar-refractivity contribution is -0.139. The molecule has 9 heteroatoms. The van der Waals surface area contributed by atoms with Gasteiger partial charge in [0.05, 0.1) is 12.8 Å². The fourth-order valence-corrected chi connectivity index (χ4v) is 4.55. The van der Waals surface area contributed by atoms with Crippen molar-refractivity contribution < 1.29 is 24.2 Å². The lowest BCUT2D eigenvalue weighted by atomic mass is 10.1. The van der Waals surface area contributed by atoms with Gasteiger partial charge in [0.2, 0.25) is 0 Å². The third-order valence-electron chi connectivity index (χ3n) is 3.58. The van der Waals surface area contributed by atoms with Gasteiger partial charge in [-0.05, 0) is 81.1 Å². The van der Waals surface area contributed by atoms with Crippen LogP contribution in [0.4, 0.5) is 5.69 Å². The average Bonchev–Trinajstić information content (AvgIpc) is 2.90. The Morgan fingerprint density at radius 2 is 1.78 bits per heavy atom. The zero-order valence-corrected chi connectivity index (χ0v) is 17.9. The number of carboxylic acids is 1. The van der Waals surface area contributed by atoms with Crippen LogP contribution in [0.25, 0.3) is 6.08 Å². The van der Waals surface area contributed by atoms with E-state index in [9.17, 15) is 14.4 Å². The van der Waals surface area contributed by atoms with Gasteiger partial charge in [-0.25, -0.2) is 9.80 Å². The zero-order valence-electron chi connectivity index (χ0n) is 13.6. The molecule has 0 atom stereocenters. The summed E-state index contributed by atoms with van der Waals surface area (Å²) in [5.41, 5.74) is 3.77. The summed E-state index contributed by atoms with van der Waals surface area (Å²) in [5, 5.41) is 9.95. The van der Waals surface area contributed by atoms with Crippen molar-refractivity contribution in [3.8, 4) is 5.75 Å². The number of halogens is 2. The van der Waals surface area contributed by atoms with Crippen molar-refractivity contribution in [2.75, 3.05) is 11.6 Å². The average molecular weight is 590 g/mol. The van der Waals surface area contributed by atoms with Crippen molar-refractivity contribution in [1.29, 1.82) is 0 Å². The highest BCUT2D eigenvalue weighted by atomic mass is 127. The normalized spacial score (nSPS) is 15.2. The Kier molecular flexibility index (Phi) is 5.99. The van der Waals surface area contributed by atoms with E-state index in [4.69, 9.17) is 9.84 Å². The number of carbonyl (C=O) groups excluding carboxylic acids is 2. The molecule has 1 aliphatic rings. The van der Waals surface area contributed by atoms with Crippen LogP contribution in [-0.2, 0) is 14.4 Å². The number of nitrogens with zero attached hydrogens (tertiary/aromatic N) is 1. The molecular weight excluding hydrogens is 578 g/mol. The molecule has 7 nitrogen and oxygen atoms in total. The molecule has 27 heavy (non-hydrogen) atoms. The second-order valence-electron chi connectivity index (χ2n) is 5.47. The van der Waals surface area contributed by atoms with Crippen molar-refractivity contribution in [2.24, 2.45) is 0 Å². The van der Waals surface area contributed by atoms with Crippen molar-refractivity contribution in [2.45, 2.75) is 0 Å². The number of anilines is 1. The Bertz CT molecular complexity index is 936. The number of hydrogen-bond donors (Lipinski definition) is 2. The van der Waals surface area contributed by atoms with Crippen LogP contribution >= 0.6 is 45.2 Å². The summed E-state index contributed by atoms with van der Waals surface area (Å²) >= 11 is 4.04. The van der Waals surface area contributed by atoms with Gasteiger partial charge in [-0.1, -0.05) is 18.2 Å². The zero-order chi connectivity index (χ0) is 19.6. The minimum atomic E-state index is -1.07. The quantitative estimate of drug-likeness (QED) is 0.318. The van der Waals surface area contributed by atoms with Gasteiger partial charge in [-0.15, -0.1) is 0 Å². The van der Waals surface area contributed by atoms with E-state index in [2.05, 4.69) is 5.43 Å². The van der Waals surface area contributed by atoms with Crippen LogP contribution in [0.1, 0.15) is 5.56 Å². The molecule has 2 aromatic rings. The Morgan fingerprint density at radius 1 is 1.15 bits per heavy atom. The van der Waals surface area contributed by atoms with Gasteiger partial charge in [-0.3, -0.25) is 15.0 Å². The van der Waals surface area contributed by atoms with E-state index in [1.54, 1.807) is 36.4 Å². The molecule has 138 valence electrons. The number of carboxylic acid groups (broad SMARTS) is 1. The van der Waals surface area contributed by atoms with Crippen molar-refractivity contribution in [3.63, 3.8) is 0 Å². The summed E-state index contributed by atoms with van der Waals surface area (Å²) in [4.78, 5) is 35.6. The molecule has 0 unspecified atom stereocenters. The predicted molar refractivity (Wildman–Crippen MR) is 115 cm³/mol. The molecule has 0 aliphatic carbocycles. The van der Waals surface area contributed by atoms with Gasteiger partial charge in [0, 0.05) is 0 Å². The van der Waals surface area contributed by atoms with E-state index < -0.39 is 24.4 Å². The molecule has 1 fully saturated rings. The van der Waals surface area contributed by atoms with Crippen molar-refractivity contribution in [1.82, 2.24) is 5.43 Å². The van der Waals surface area contributed by atoms with Crippen LogP contribution in [0.3, 0.4) is 0 Å². The fourth-order valence-electron chi connectivity index (χ4n) is 2.42. The van der Waals surface area contributed by atoms with E-state index in [1.165, 1.54) is 11.1 Å². The summed E-state index contributed by atoms with van der Waals surface area (Å²) in [5.74, 6) is -1.54. The van der Waals surface area contributed by atoms with Crippen molar-refractivity contribution in [3.05, 3.63) is 60.7 Å². The smallest absolute Gasteiger partial charge is 0.341 e. The molecule has 1 saturated heterocycles. The first-order valence-electron chi connectivity index (χ1n) is 7.62. The standard InChI is InChI=1S/C18H12I2N2O5/c19-13-7-10(8-14(20)16(13)27-9-15(23)24)6-12-17(25)21-22(18(12)26)11-4-2-1-3-5-11/h1-8H,9H2,(H,21,25)(H,23,24)/b12-6-. The van der Waals surface area contributed by atoms with Gasteiger partial charge in [-0.2, -0.15) is 0 Å². The Balaban J connectivity index is 1.89. The maximum absolute atomic E-state index is 12.6. The number of aliphatic carboxylic acids is 1. The van der Waals surface area contributed by atoms with Gasteiger partial charge < -0.3 is 9.84 Å². The predicted octanol–water partition coefficient (Wildman–Crippen LogP) is 2.82. The molecule has 2 aromatic carbocycles. The summed E-state index contributed by atoms with van der Waals surface area (Å²) in [7, 11) is 0. The SMILES string of the molecule is O=C(O)COc1c(I)cc(/C=C2/C(=O)NN(c3ccccc3)C2=O)cc1I. The number of nitrogens with one attached hydrogen (secondary N) is 1. The van der Waals surface area contributed by atoms with Crippen LogP contribution in [0.5, 0.6) is 5.75 Å². The Labute approximate surface area is 181 Å². The summed E-state index contributed by atoms with van der Waals surface area (Å²) in [6.45, 7) is -0.445. The topological polar surface area (TPSA) is 95.9 Å². The molecule has 0 aromatic heterocycles. The number of carbonyl (C=O) groups is 3. The number of hydrogen-bond acceptors (Lipinski definition) is 4. The second kappa shape index (κ2) is 8.25. The molecule has 2 amide bonds. The molecular formula is C18H12I2N2O5. The van der Waals surface area contributed by atoms with E-state index in [1.807, 2.05) is 51.2 Å².